The number of anilines is 1. The number of hydrogen-bond acceptors (Lipinski definition) is 2. The minimum atomic E-state index is -0.161. The second kappa shape index (κ2) is 4.45. The van der Waals surface area contributed by atoms with Gasteiger partial charge in [-0.15, -0.1) is 11.3 Å². The van der Waals surface area contributed by atoms with Crippen molar-refractivity contribution in [1.29, 1.82) is 0 Å². The fraction of sp³-hybridized carbons (Fsp3) is 0.167. The molecule has 0 saturated carbocycles. The Morgan fingerprint density at radius 2 is 2.20 bits per heavy atom. The third-order valence-electron chi connectivity index (χ3n) is 2.22. The molecule has 2 rings (SSSR count). The standard InChI is InChI=1S/C12H12FNS/c1-9-4-5-10(7-12(9)13)14-8-11-3-2-6-15-11/h2-7,14H,8H2,1H3. The molecule has 1 aromatic heterocycles. The summed E-state index contributed by atoms with van der Waals surface area (Å²) in [6.07, 6.45) is 0. The van der Waals surface area contributed by atoms with Crippen LogP contribution in [0.2, 0.25) is 0 Å². The van der Waals surface area contributed by atoms with Crippen molar-refractivity contribution in [1.82, 2.24) is 0 Å². The molecule has 0 spiro atoms. The number of benzene rings is 1. The molecule has 0 atom stereocenters. The van der Waals surface area contributed by atoms with Gasteiger partial charge in [-0.05, 0) is 36.1 Å². The maximum atomic E-state index is 13.2. The first-order valence-corrected chi connectivity index (χ1v) is 5.66. The molecule has 0 saturated heterocycles. The van der Waals surface area contributed by atoms with E-state index in [9.17, 15) is 4.39 Å². The topological polar surface area (TPSA) is 12.0 Å². The fourth-order valence-corrected chi connectivity index (χ4v) is 1.95. The molecule has 1 heterocycles. The molecule has 3 heteroatoms. The third-order valence-corrected chi connectivity index (χ3v) is 3.10. The van der Waals surface area contributed by atoms with Gasteiger partial charge in [0.25, 0.3) is 0 Å². The van der Waals surface area contributed by atoms with Crippen molar-refractivity contribution in [3.05, 3.63) is 52.0 Å². The maximum absolute atomic E-state index is 13.2. The Kier molecular flexibility index (Phi) is 3.02. The Hall–Kier alpha value is -1.35. The zero-order valence-electron chi connectivity index (χ0n) is 8.46. The molecule has 1 aromatic carbocycles. The molecule has 0 amide bonds. The normalized spacial score (nSPS) is 10.3. The van der Waals surface area contributed by atoms with Gasteiger partial charge in [-0.3, -0.25) is 0 Å². The lowest BCUT2D eigenvalue weighted by atomic mass is 10.2. The zero-order valence-corrected chi connectivity index (χ0v) is 9.27. The van der Waals surface area contributed by atoms with Gasteiger partial charge in [0.05, 0.1) is 0 Å². The van der Waals surface area contributed by atoms with E-state index in [1.807, 2.05) is 17.5 Å². The van der Waals surface area contributed by atoms with Crippen LogP contribution in [0, 0.1) is 12.7 Å². The van der Waals surface area contributed by atoms with E-state index in [4.69, 9.17) is 0 Å². The van der Waals surface area contributed by atoms with Gasteiger partial charge in [0, 0.05) is 17.1 Å². The van der Waals surface area contributed by atoms with Gasteiger partial charge in [0.2, 0.25) is 0 Å². The van der Waals surface area contributed by atoms with Crippen LogP contribution in [0.15, 0.2) is 35.7 Å². The van der Waals surface area contributed by atoms with Crippen LogP contribution in [0.1, 0.15) is 10.4 Å². The SMILES string of the molecule is Cc1ccc(NCc2cccs2)cc1F. The highest BCUT2D eigenvalue weighted by Crippen LogP contribution is 2.16. The molecule has 0 fully saturated rings. The summed E-state index contributed by atoms with van der Waals surface area (Å²) in [5.74, 6) is -0.161. The smallest absolute Gasteiger partial charge is 0.128 e. The van der Waals surface area contributed by atoms with E-state index in [2.05, 4.69) is 11.4 Å². The monoisotopic (exact) mass is 221 g/mol. The minimum absolute atomic E-state index is 0.161. The van der Waals surface area contributed by atoms with Gasteiger partial charge < -0.3 is 5.32 Å². The zero-order chi connectivity index (χ0) is 10.7. The van der Waals surface area contributed by atoms with Crippen molar-refractivity contribution < 1.29 is 4.39 Å². The number of thiophene rings is 1. The summed E-state index contributed by atoms with van der Waals surface area (Å²) in [6, 6.07) is 9.28. The number of nitrogens with one attached hydrogen (secondary N) is 1. The lowest BCUT2D eigenvalue weighted by Crippen LogP contribution is -1.98. The van der Waals surface area contributed by atoms with Crippen LogP contribution in [0.3, 0.4) is 0 Å². The van der Waals surface area contributed by atoms with Gasteiger partial charge in [-0.1, -0.05) is 12.1 Å². The van der Waals surface area contributed by atoms with Crippen molar-refractivity contribution in [2.24, 2.45) is 0 Å². The number of rotatable bonds is 3. The van der Waals surface area contributed by atoms with Gasteiger partial charge in [0.1, 0.15) is 5.82 Å². The molecular formula is C12H12FNS. The second-order valence-corrected chi connectivity index (χ2v) is 4.43. The van der Waals surface area contributed by atoms with E-state index in [1.54, 1.807) is 24.3 Å². The van der Waals surface area contributed by atoms with Crippen LogP contribution >= 0.6 is 11.3 Å². The largest absolute Gasteiger partial charge is 0.380 e. The molecule has 0 aliphatic carbocycles. The van der Waals surface area contributed by atoms with Crippen molar-refractivity contribution >= 4 is 17.0 Å². The summed E-state index contributed by atoms with van der Waals surface area (Å²) >= 11 is 1.69. The van der Waals surface area contributed by atoms with E-state index in [1.165, 1.54) is 10.9 Å². The minimum Gasteiger partial charge on any atom is -0.380 e. The predicted molar refractivity (Wildman–Crippen MR) is 62.8 cm³/mol. The summed E-state index contributed by atoms with van der Waals surface area (Å²) in [5, 5.41) is 5.22. The van der Waals surface area contributed by atoms with Crippen LogP contribution < -0.4 is 5.32 Å². The fourth-order valence-electron chi connectivity index (χ4n) is 1.31. The van der Waals surface area contributed by atoms with E-state index in [0.717, 1.165) is 12.2 Å². The second-order valence-electron chi connectivity index (χ2n) is 3.40. The quantitative estimate of drug-likeness (QED) is 0.831. The molecule has 0 bridgehead atoms. The Balaban J connectivity index is 2.02. The molecule has 0 unspecified atom stereocenters. The molecule has 0 aliphatic rings. The Bertz CT molecular complexity index is 437. The van der Waals surface area contributed by atoms with E-state index < -0.39 is 0 Å². The first-order valence-electron chi connectivity index (χ1n) is 4.78. The number of halogens is 1. The molecule has 0 aliphatic heterocycles. The van der Waals surface area contributed by atoms with Gasteiger partial charge in [-0.25, -0.2) is 4.39 Å². The van der Waals surface area contributed by atoms with E-state index >= 15 is 0 Å². The molecule has 1 nitrogen and oxygen atoms in total. The van der Waals surface area contributed by atoms with Crippen LogP contribution in [0.25, 0.3) is 0 Å². The summed E-state index contributed by atoms with van der Waals surface area (Å²) < 4.78 is 13.2. The van der Waals surface area contributed by atoms with Gasteiger partial charge in [-0.2, -0.15) is 0 Å². The Morgan fingerprint density at radius 1 is 1.33 bits per heavy atom. The molecule has 2 aromatic rings. The highest BCUT2D eigenvalue weighted by Gasteiger charge is 1.99. The maximum Gasteiger partial charge on any atom is 0.128 e. The highest BCUT2D eigenvalue weighted by molar-refractivity contribution is 7.09. The summed E-state index contributed by atoms with van der Waals surface area (Å²) in [6.45, 7) is 2.51. The first-order chi connectivity index (χ1) is 7.25. The lowest BCUT2D eigenvalue weighted by molar-refractivity contribution is 0.619. The van der Waals surface area contributed by atoms with Crippen molar-refractivity contribution in [2.75, 3.05) is 5.32 Å². The van der Waals surface area contributed by atoms with Crippen LogP contribution in [0.4, 0.5) is 10.1 Å². The molecular weight excluding hydrogens is 209 g/mol. The van der Waals surface area contributed by atoms with Gasteiger partial charge in [0.15, 0.2) is 0 Å². The highest BCUT2D eigenvalue weighted by atomic mass is 32.1. The molecule has 1 N–H and O–H groups in total. The summed E-state index contributed by atoms with van der Waals surface area (Å²) in [4.78, 5) is 1.25. The Labute approximate surface area is 92.6 Å². The summed E-state index contributed by atoms with van der Waals surface area (Å²) in [7, 11) is 0. The average molecular weight is 221 g/mol. The summed E-state index contributed by atoms with van der Waals surface area (Å²) in [5.41, 5.74) is 1.50. The first kappa shape index (κ1) is 10.2. The van der Waals surface area contributed by atoms with Gasteiger partial charge >= 0.3 is 0 Å². The van der Waals surface area contributed by atoms with E-state index in [-0.39, 0.29) is 5.82 Å². The number of hydrogen-bond donors (Lipinski definition) is 1. The van der Waals surface area contributed by atoms with Crippen molar-refractivity contribution in [3.8, 4) is 0 Å². The number of aryl methyl sites for hydroxylation is 1. The molecule has 78 valence electrons. The van der Waals surface area contributed by atoms with Crippen LogP contribution in [0.5, 0.6) is 0 Å². The van der Waals surface area contributed by atoms with Crippen LogP contribution in [-0.2, 0) is 6.54 Å². The molecule has 15 heavy (non-hydrogen) atoms. The van der Waals surface area contributed by atoms with E-state index in [0.29, 0.717) is 5.56 Å². The Morgan fingerprint density at radius 3 is 2.87 bits per heavy atom. The average Bonchev–Trinajstić information content (AvgIpc) is 2.73. The van der Waals surface area contributed by atoms with Crippen molar-refractivity contribution in [3.63, 3.8) is 0 Å². The van der Waals surface area contributed by atoms with Crippen molar-refractivity contribution in [2.45, 2.75) is 13.5 Å². The molecule has 0 radical (unpaired) electrons. The third kappa shape index (κ3) is 2.57. The van der Waals surface area contributed by atoms with Crippen LogP contribution in [-0.4, -0.2) is 0 Å². The predicted octanol–water partition coefficient (Wildman–Crippen LogP) is 3.81. The lowest BCUT2D eigenvalue weighted by Gasteiger charge is -2.05.